The van der Waals surface area contributed by atoms with Crippen molar-refractivity contribution in [1.29, 1.82) is 0 Å². The van der Waals surface area contributed by atoms with E-state index in [1.807, 2.05) is 50.2 Å². The number of pyridine rings is 2. The van der Waals surface area contributed by atoms with Gasteiger partial charge in [-0.05, 0) is 36.8 Å². The maximum absolute atomic E-state index is 12.1. The van der Waals surface area contributed by atoms with Crippen LogP contribution in [0.4, 0.5) is 0 Å². The van der Waals surface area contributed by atoms with Gasteiger partial charge in [0.05, 0.1) is 22.4 Å². The largest absolute Gasteiger partial charge is 2.00 e. The van der Waals surface area contributed by atoms with E-state index in [0.29, 0.717) is 11.0 Å². The number of aromatic nitrogens is 2. The number of hydrogen-bond donors (Lipinski definition) is 0. The maximum Gasteiger partial charge on any atom is 2.00 e. The van der Waals surface area contributed by atoms with Gasteiger partial charge in [0.1, 0.15) is 0 Å². The summed E-state index contributed by atoms with van der Waals surface area (Å²) in [7, 11) is 0. The Labute approximate surface area is 161 Å². The van der Waals surface area contributed by atoms with E-state index in [2.05, 4.69) is 9.97 Å². The van der Waals surface area contributed by atoms with Crippen molar-refractivity contribution in [1.82, 2.24) is 9.97 Å². The Kier molecular flexibility index (Phi) is 4.60. The summed E-state index contributed by atoms with van der Waals surface area (Å²) >= 11 is 0. The Bertz CT molecular complexity index is 1020. The van der Waals surface area contributed by atoms with Gasteiger partial charge in [0.2, 0.25) is 0 Å². The summed E-state index contributed by atoms with van der Waals surface area (Å²) in [6.45, 7) is 3.99. The Morgan fingerprint density at radius 3 is 1.50 bits per heavy atom. The average molecular weight is 387 g/mol. The molecule has 0 atom stereocenters. The quantitative estimate of drug-likeness (QED) is 0.495. The number of benzene rings is 2. The maximum atomic E-state index is 12.1. The third kappa shape index (κ3) is 2.89. The molecule has 0 aliphatic carbocycles. The van der Waals surface area contributed by atoms with Crippen LogP contribution >= 0.6 is 0 Å². The van der Waals surface area contributed by atoms with Crippen molar-refractivity contribution in [3.05, 3.63) is 72.1 Å². The van der Waals surface area contributed by atoms with Crippen LogP contribution in [0.2, 0.25) is 0 Å². The van der Waals surface area contributed by atoms with Crippen molar-refractivity contribution in [2.45, 2.75) is 19.3 Å². The average Bonchev–Trinajstić information content (AvgIpc) is 2.62. The van der Waals surface area contributed by atoms with E-state index in [0.717, 1.165) is 22.2 Å². The first-order valence-corrected chi connectivity index (χ1v) is 8.11. The van der Waals surface area contributed by atoms with Crippen LogP contribution in [0.1, 0.15) is 25.2 Å². The van der Waals surface area contributed by atoms with Crippen molar-refractivity contribution in [3.63, 3.8) is 0 Å². The van der Waals surface area contributed by atoms with E-state index >= 15 is 0 Å². The molecular weight excluding hydrogens is 371 g/mol. The Morgan fingerprint density at radius 1 is 0.654 bits per heavy atom. The van der Waals surface area contributed by atoms with Gasteiger partial charge in [-0.15, -0.1) is 0 Å². The molecular formula is C21H16N2NiO2. The second kappa shape index (κ2) is 6.58. The summed E-state index contributed by atoms with van der Waals surface area (Å²) in [6.07, 6.45) is 0. The fraction of sp³-hybridized carbons (Fsp3) is 0.143. The van der Waals surface area contributed by atoms with Gasteiger partial charge >= 0.3 is 16.5 Å². The molecule has 0 fully saturated rings. The van der Waals surface area contributed by atoms with Crippen LogP contribution in [0.15, 0.2) is 60.7 Å². The number of fused-ring (bicyclic) bond motifs is 2. The zero-order valence-electron chi connectivity index (χ0n) is 14.3. The van der Waals surface area contributed by atoms with Crippen molar-refractivity contribution in [2.24, 2.45) is 0 Å². The molecule has 132 valence electrons. The summed E-state index contributed by atoms with van der Waals surface area (Å²) < 4.78 is 0. The van der Waals surface area contributed by atoms with Crippen LogP contribution in [0.3, 0.4) is 0 Å². The van der Waals surface area contributed by atoms with Gasteiger partial charge in [-0.25, -0.2) is 0 Å². The molecule has 0 saturated carbocycles. The minimum atomic E-state index is -0.535. The second-order valence-electron chi connectivity index (χ2n) is 6.67. The topological polar surface area (TPSA) is 71.9 Å². The van der Waals surface area contributed by atoms with Gasteiger partial charge in [0.25, 0.3) is 0 Å². The SMILES string of the molecule is CC(C)(c1ccc2cccc([O-])c2n1)c1ccc2cccc([O-])c2n1.[Ni+2]. The number of nitrogens with zero attached hydrogens (tertiary/aromatic N) is 2. The van der Waals surface area contributed by atoms with E-state index in [4.69, 9.17) is 0 Å². The number of rotatable bonds is 2. The van der Waals surface area contributed by atoms with E-state index in [1.54, 1.807) is 12.1 Å². The minimum Gasteiger partial charge on any atom is -0.871 e. The van der Waals surface area contributed by atoms with E-state index in [9.17, 15) is 10.2 Å². The molecule has 4 aromatic rings. The van der Waals surface area contributed by atoms with Gasteiger partial charge in [-0.2, -0.15) is 0 Å². The number of para-hydroxylation sites is 2. The summed E-state index contributed by atoms with van der Waals surface area (Å²) in [5.41, 5.74) is 1.88. The standard InChI is InChI=1S/C21H18N2O2.Ni/c1-21(2,17-11-9-13-5-3-7-15(24)19(13)22-17)18-12-10-14-6-4-8-16(25)20(14)23-18;/h3-12,24-25H,1-2H3;/q;+2/p-2. The predicted octanol–water partition coefficient (Wildman–Crippen LogP) is 3.25. The van der Waals surface area contributed by atoms with Crippen LogP contribution < -0.4 is 10.2 Å². The molecule has 26 heavy (non-hydrogen) atoms. The zero-order chi connectivity index (χ0) is 17.6. The van der Waals surface area contributed by atoms with Gasteiger partial charge in [0, 0.05) is 5.41 Å². The fourth-order valence-electron chi connectivity index (χ4n) is 3.07. The Balaban J connectivity index is 0.00000196. The van der Waals surface area contributed by atoms with E-state index < -0.39 is 5.41 Å². The molecule has 2 aromatic heterocycles. The summed E-state index contributed by atoms with van der Waals surface area (Å²) in [4.78, 5) is 9.19. The van der Waals surface area contributed by atoms with Gasteiger partial charge < -0.3 is 10.2 Å². The molecule has 0 amide bonds. The molecule has 4 nitrogen and oxygen atoms in total. The summed E-state index contributed by atoms with van der Waals surface area (Å²) in [5, 5.41) is 25.8. The predicted molar refractivity (Wildman–Crippen MR) is 94.5 cm³/mol. The zero-order valence-corrected chi connectivity index (χ0v) is 15.3. The smallest absolute Gasteiger partial charge is 0.871 e. The molecule has 0 N–H and O–H groups in total. The molecule has 2 heterocycles. The molecule has 4 rings (SSSR count). The van der Waals surface area contributed by atoms with Crippen molar-refractivity contribution in [3.8, 4) is 11.5 Å². The molecule has 0 radical (unpaired) electrons. The molecule has 5 heteroatoms. The van der Waals surface area contributed by atoms with Crippen LogP contribution in [-0.4, -0.2) is 9.97 Å². The van der Waals surface area contributed by atoms with E-state index in [-0.39, 0.29) is 28.0 Å². The van der Waals surface area contributed by atoms with E-state index in [1.165, 1.54) is 12.1 Å². The third-order valence-corrected chi connectivity index (χ3v) is 4.65. The third-order valence-electron chi connectivity index (χ3n) is 4.65. The van der Waals surface area contributed by atoms with Crippen LogP contribution in [0.25, 0.3) is 21.8 Å². The summed E-state index contributed by atoms with van der Waals surface area (Å²) in [5.74, 6) is -0.188. The molecule has 0 bridgehead atoms. The molecule has 0 unspecified atom stereocenters. The normalized spacial score (nSPS) is 11.5. The van der Waals surface area contributed by atoms with Crippen molar-refractivity contribution in [2.75, 3.05) is 0 Å². The molecule has 0 aliphatic heterocycles. The summed E-state index contributed by atoms with van der Waals surface area (Å²) in [6, 6.07) is 17.9. The van der Waals surface area contributed by atoms with Crippen molar-refractivity contribution >= 4 is 21.8 Å². The van der Waals surface area contributed by atoms with Gasteiger partial charge in [-0.1, -0.05) is 60.0 Å². The first kappa shape index (κ1) is 18.2. The van der Waals surface area contributed by atoms with Gasteiger partial charge in [0.15, 0.2) is 0 Å². The Morgan fingerprint density at radius 2 is 1.08 bits per heavy atom. The van der Waals surface area contributed by atoms with Crippen LogP contribution in [-0.2, 0) is 21.9 Å². The molecule has 0 aliphatic rings. The van der Waals surface area contributed by atoms with Crippen molar-refractivity contribution < 1.29 is 26.7 Å². The first-order chi connectivity index (χ1) is 12.0. The van der Waals surface area contributed by atoms with Crippen LogP contribution in [0.5, 0.6) is 11.5 Å². The first-order valence-electron chi connectivity index (χ1n) is 8.11. The molecule has 2 aromatic carbocycles. The second-order valence-corrected chi connectivity index (χ2v) is 6.67. The van der Waals surface area contributed by atoms with Gasteiger partial charge in [-0.3, -0.25) is 9.97 Å². The fourth-order valence-corrected chi connectivity index (χ4v) is 3.07. The minimum absolute atomic E-state index is 0. The van der Waals surface area contributed by atoms with Crippen LogP contribution in [0, 0.1) is 0 Å². The monoisotopic (exact) mass is 386 g/mol. The molecule has 0 spiro atoms. The Hall–Kier alpha value is -2.65. The molecule has 0 saturated heterocycles. The number of hydrogen-bond acceptors (Lipinski definition) is 4.